The van der Waals surface area contributed by atoms with Gasteiger partial charge in [-0.1, -0.05) is 95.1 Å². The van der Waals surface area contributed by atoms with Gasteiger partial charge in [0.05, 0.1) is 14.7 Å². The number of hydrogen-bond donors (Lipinski definition) is 0. The Kier molecular flexibility index (Phi) is 13.8. The third-order valence-corrected chi connectivity index (χ3v) is 10.9. The summed E-state index contributed by atoms with van der Waals surface area (Å²) in [5, 5.41) is 0.374. The number of alkyl halides is 13. The Morgan fingerprint density at radius 2 is 0.977 bits per heavy atom. The van der Waals surface area contributed by atoms with Crippen molar-refractivity contribution >= 4 is 13.3 Å². The van der Waals surface area contributed by atoms with Gasteiger partial charge < -0.3 is 4.74 Å². The van der Waals surface area contributed by atoms with Crippen LogP contribution in [0.1, 0.15) is 77.6 Å². The van der Waals surface area contributed by atoms with Crippen LogP contribution in [0.5, 0.6) is 5.75 Å². The van der Waals surface area contributed by atoms with Crippen molar-refractivity contribution in [2.24, 2.45) is 0 Å². The summed E-state index contributed by atoms with van der Waals surface area (Å²) in [6.45, 7) is 5.33. The van der Waals surface area contributed by atoms with Gasteiger partial charge in [0.15, 0.2) is 0 Å². The number of unbranched alkanes of at least 4 members (excludes halogenated alkanes) is 9. The highest BCUT2D eigenvalue weighted by Crippen LogP contribution is 2.60. The Morgan fingerprint density at radius 3 is 1.42 bits per heavy atom. The zero-order valence-corrected chi connectivity index (χ0v) is 25.3. The highest BCUT2D eigenvalue weighted by atomic mass is 28.3. The normalized spacial score (nSPS) is 14.3. The van der Waals surface area contributed by atoms with Crippen LogP contribution in [0.3, 0.4) is 0 Å². The monoisotopic (exact) mass is 666 g/mol. The first-order chi connectivity index (χ1) is 19.5. The van der Waals surface area contributed by atoms with E-state index in [0.29, 0.717) is 17.5 Å². The van der Waals surface area contributed by atoms with E-state index >= 15 is 0 Å². The molecule has 0 aromatic heterocycles. The van der Waals surface area contributed by atoms with Crippen LogP contribution in [0.25, 0.3) is 0 Å². The average molecular weight is 667 g/mol. The van der Waals surface area contributed by atoms with Crippen molar-refractivity contribution in [3.8, 4) is 5.75 Å². The van der Waals surface area contributed by atoms with E-state index in [1.807, 2.05) is 0 Å². The molecule has 0 amide bonds. The van der Waals surface area contributed by atoms with Crippen molar-refractivity contribution in [1.29, 1.82) is 0 Å². The molecule has 1 nitrogen and oxygen atoms in total. The molecule has 0 aliphatic carbocycles. The van der Waals surface area contributed by atoms with Gasteiger partial charge in [-0.15, -0.1) is 0 Å². The fraction of sp³-hybridized carbons (Fsp3) is 0.786. The summed E-state index contributed by atoms with van der Waals surface area (Å²) in [7, 11) is -3.16. The molecule has 1 aromatic rings. The van der Waals surface area contributed by atoms with E-state index in [2.05, 4.69) is 6.92 Å². The fourth-order valence-corrected chi connectivity index (χ4v) is 6.65. The first-order valence-corrected chi connectivity index (χ1v) is 17.4. The summed E-state index contributed by atoms with van der Waals surface area (Å²) < 4.78 is 180. The Labute approximate surface area is 244 Å². The van der Waals surface area contributed by atoms with Crippen molar-refractivity contribution in [3.05, 3.63) is 24.3 Å². The third-order valence-electron chi connectivity index (χ3n) is 7.46. The van der Waals surface area contributed by atoms with Crippen LogP contribution >= 0.6 is 0 Å². The SMILES string of the molecule is CCCCCCCCCCCCOc1ccc([Si](C)(C)CCC(F)(F)C(F)(F)C(F)(F)C(F)(F)C(F)(F)C(F)(F)F)cc1. The molecular formula is C28H39F13OSi. The molecule has 0 atom stereocenters. The van der Waals surface area contributed by atoms with Crippen LogP contribution in [0.15, 0.2) is 24.3 Å². The van der Waals surface area contributed by atoms with Gasteiger partial charge in [0, 0.05) is 6.42 Å². The molecule has 0 N–H and O–H groups in total. The molecule has 0 heterocycles. The van der Waals surface area contributed by atoms with E-state index in [1.54, 1.807) is 0 Å². The molecule has 43 heavy (non-hydrogen) atoms. The maximum Gasteiger partial charge on any atom is 0.460 e. The van der Waals surface area contributed by atoms with Gasteiger partial charge in [-0.2, -0.15) is 57.1 Å². The van der Waals surface area contributed by atoms with E-state index in [0.717, 1.165) is 25.7 Å². The zero-order valence-electron chi connectivity index (χ0n) is 24.3. The average Bonchev–Trinajstić information content (AvgIpc) is 2.90. The molecule has 15 heteroatoms. The molecule has 0 saturated heterocycles. The second-order valence-corrected chi connectivity index (χ2v) is 16.3. The summed E-state index contributed by atoms with van der Waals surface area (Å²) in [6.07, 6.45) is 1.70. The predicted molar refractivity (Wildman–Crippen MR) is 141 cm³/mol. The summed E-state index contributed by atoms with van der Waals surface area (Å²) >= 11 is 0. The molecule has 0 aliphatic rings. The first-order valence-electron chi connectivity index (χ1n) is 14.2. The lowest BCUT2D eigenvalue weighted by atomic mass is 9.93. The van der Waals surface area contributed by atoms with Crippen molar-refractivity contribution in [3.63, 3.8) is 0 Å². The highest BCUT2D eigenvalue weighted by Gasteiger charge is 2.90. The minimum absolute atomic E-state index is 0.374. The van der Waals surface area contributed by atoms with Crippen molar-refractivity contribution in [2.45, 2.75) is 132 Å². The largest absolute Gasteiger partial charge is 0.494 e. The minimum atomic E-state index is -7.87. The summed E-state index contributed by atoms with van der Waals surface area (Å²) in [4.78, 5) is 0. The van der Waals surface area contributed by atoms with E-state index in [4.69, 9.17) is 4.74 Å². The van der Waals surface area contributed by atoms with Crippen molar-refractivity contribution < 1.29 is 61.8 Å². The number of benzene rings is 1. The lowest BCUT2D eigenvalue weighted by molar-refractivity contribution is -0.439. The Balaban J connectivity index is 2.73. The number of ether oxygens (including phenoxy) is 1. The van der Waals surface area contributed by atoms with Crippen LogP contribution < -0.4 is 9.92 Å². The van der Waals surface area contributed by atoms with Gasteiger partial charge in [-0.25, -0.2) is 0 Å². The lowest BCUT2D eigenvalue weighted by Crippen LogP contribution is -2.70. The predicted octanol–water partition coefficient (Wildman–Crippen LogP) is 11.0. The third kappa shape index (κ3) is 9.41. The van der Waals surface area contributed by atoms with Gasteiger partial charge >= 0.3 is 35.8 Å². The molecule has 0 unspecified atom stereocenters. The Bertz CT molecular complexity index is 960. The summed E-state index contributed by atoms with van der Waals surface area (Å²) in [5.74, 6) is -36.2. The molecule has 0 saturated carbocycles. The first kappa shape index (κ1) is 39.4. The number of hydrogen-bond acceptors (Lipinski definition) is 1. The number of halogens is 13. The van der Waals surface area contributed by atoms with E-state index in [1.165, 1.54) is 75.9 Å². The Morgan fingerprint density at radius 1 is 0.558 bits per heavy atom. The molecule has 0 spiro atoms. The van der Waals surface area contributed by atoms with E-state index in [-0.39, 0.29) is 0 Å². The topological polar surface area (TPSA) is 9.23 Å². The highest BCUT2D eigenvalue weighted by molar-refractivity contribution is 6.89. The molecule has 0 bridgehead atoms. The molecule has 252 valence electrons. The standard InChI is InChI=1S/C28H39F13OSi/c1-4-5-6-7-8-9-10-11-12-13-19-42-21-14-16-22(17-15-21)43(2,3)20-18-23(29,30)24(31,32)25(33,34)26(35,36)27(37,38)28(39,40)41/h14-17H,4-13,18-20H2,1-3H3. The van der Waals surface area contributed by atoms with Crippen LogP contribution in [0.2, 0.25) is 19.1 Å². The summed E-state index contributed by atoms with van der Waals surface area (Å²) in [5.41, 5.74) is 0. The molecule has 1 aromatic carbocycles. The minimum Gasteiger partial charge on any atom is -0.494 e. The molecule has 0 aliphatic heterocycles. The quantitative estimate of drug-likeness (QED) is 0.0765. The molecule has 0 fully saturated rings. The Hall–Kier alpha value is -1.67. The van der Waals surface area contributed by atoms with Gasteiger partial charge in [0.25, 0.3) is 0 Å². The van der Waals surface area contributed by atoms with E-state index in [9.17, 15) is 57.1 Å². The maximum atomic E-state index is 14.3. The number of rotatable bonds is 20. The van der Waals surface area contributed by atoms with Crippen molar-refractivity contribution in [1.82, 2.24) is 0 Å². The second-order valence-electron chi connectivity index (χ2n) is 11.4. The van der Waals surface area contributed by atoms with Crippen molar-refractivity contribution in [2.75, 3.05) is 6.61 Å². The van der Waals surface area contributed by atoms with Crippen LogP contribution in [0.4, 0.5) is 57.1 Å². The second kappa shape index (κ2) is 15.1. The maximum absolute atomic E-state index is 14.3. The molecular weight excluding hydrogens is 627 g/mol. The van der Waals surface area contributed by atoms with E-state index < -0.39 is 56.3 Å². The fourth-order valence-electron chi connectivity index (χ4n) is 4.35. The smallest absolute Gasteiger partial charge is 0.460 e. The van der Waals surface area contributed by atoms with Crippen LogP contribution in [-0.2, 0) is 0 Å². The molecule has 0 radical (unpaired) electrons. The van der Waals surface area contributed by atoms with Gasteiger partial charge in [0.2, 0.25) is 0 Å². The molecule has 1 rings (SSSR count). The summed E-state index contributed by atoms with van der Waals surface area (Å²) in [6, 6.07) is 4.96. The van der Waals surface area contributed by atoms with Crippen LogP contribution in [-0.4, -0.2) is 50.5 Å². The van der Waals surface area contributed by atoms with Gasteiger partial charge in [0.1, 0.15) is 5.75 Å². The van der Waals surface area contributed by atoms with Gasteiger partial charge in [-0.05, 0) is 24.6 Å². The van der Waals surface area contributed by atoms with Gasteiger partial charge in [-0.3, -0.25) is 0 Å². The lowest BCUT2D eigenvalue weighted by Gasteiger charge is -2.40. The zero-order chi connectivity index (χ0) is 33.4. The van der Waals surface area contributed by atoms with Crippen LogP contribution in [0, 0.1) is 0 Å².